The van der Waals surface area contributed by atoms with Gasteiger partial charge in [-0.1, -0.05) is 6.92 Å². The van der Waals surface area contributed by atoms with E-state index in [0.717, 1.165) is 34.7 Å². The SMILES string of the molecule is COC1=CN(C2CCC(C(C)c3scc(C(=O)NCc4c(C)cc(C)[nH]c4=O)c3C)CC2)C1. The summed E-state index contributed by atoms with van der Waals surface area (Å²) in [7, 11) is 1.74. The molecule has 178 valence electrons. The summed E-state index contributed by atoms with van der Waals surface area (Å²) in [5.74, 6) is 2.06. The maximum atomic E-state index is 12.9. The number of hydrogen-bond acceptors (Lipinski definition) is 5. The maximum Gasteiger partial charge on any atom is 0.253 e. The zero-order chi connectivity index (χ0) is 23.7. The highest BCUT2D eigenvalue weighted by molar-refractivity contribution is 7.10. The molecule has 1 atom stereocenters. The van der Waals surface area contributed by atoms with Crippen LogP contribution in [0.4, 0.5) is 0 Å². The molecule has 2 aromatic rings. The van der Waals surface area contributed by atoms with Crippen LogP contribution in [0.25, 0.3) is 0 Å². The maximum absolute atomic E-state index is 12.9. The number of rotatable bonds is 7. The van der Waals surface area contributed by atoms with Crippen LogP contribution in [0.15, 0.2) is 28.2 Å². The molecule has 0 radical (unpaired) electrons. The standard InChI is InChI=1S/C26H35N3O3S/c1-15-10-16(2)28-26(31)22(15)11-27-25(30)23-14-33-24(18(23)4)17(3)19-6-8-20(9-7-19)29-12-21(13-29)32-5/h10,12,14,17,19-20H,6-9,11,13H2,1-5H3,(H,27,30)(H,28,31). The number of aromatic amines is 1. The van der Waals surface area contributed by atoms with Gasteiger partial charge in [0.1, 0.15) is 5.76 Å². The van der Waals surface area contributed by atoms with Crippen LogP contribution in [0.1, 0.15) is 76.1 Å². The molecule has 0 spiro atoms. The number of carbonyl (C=O) groups is 1. The number of methoxy groups -OCH3 is 1. The molecule has 2 aromatic heterocycles. The minimum absolute atomic E-state index is 0.108. The van der Waals surface area contributed by atoms with Crippen molar-refractivity contribution in [3.8, 4) is 0 Å². The van der Waals surface area contributed by atoms with Gasteiger partial charge in [-0.3, -0.25) is 9.59 Å². The van der Waals surface area contributed by atoms with Crippen molar-refractivity contribution in [2.45, 2.75) is 71.9 Å². The van der Waals surface area contributed by atoms with E-state index in [0.29, 0.717) is 23.4 Å². The third kappa shape index (κ3) is 4.88. The number of aromatic nitrogens is 1. The smallest absolute Gasteiger partial charge is 0.253 e. The molecule has 2 aliphatic rings. The molecule has 1 fully saturated rings. The highest BCUT2D eigenvalue weighted by Crippen LogP contribution is 2.41. The Morgan fingerprint density at radius 3 is 2.61 bits per heavy atom. The lowest BCUT2D eigenvalue weighted by atomic mass is 9.77. The van der Waals surface area contributed by atoms with Crippen molar-refractivity contribution in [3.05, 3.63) is 66.6 Å². The van der Waals surface area contributed by atoms with Gasteiger partial charge < -0.3 is 19.9 Å². The summed E-state index contributed by atoms with van der Waals surface area (Å²) < 4.78 is 5.29. The number of carbonyl (C=O) groups excluding carboxylic acids is 1. The monoisotopic (exact) mass is 469 g/mol. The van der Waals surface area contributed by atoms with E-state index in [1.807, 2.05) is 25.3 Å². The largest absolute Gasteiger partial charge is 0.498 e. The van der Waals surface area contributed by atoms with Crippen LogP contribution in [0.5, 0.6) is 0 Å². The third-order valence-corrected chi connectivity index (χ3v) is 8.77. The van der Waals surface area contributed by atoms with Crippen molar-refractivity contribution < 1.29 is 9.53 Å². The number of pyridine rings is 1. The molecule has 4 rings (SSSR count). The van der Waals surface area contributed by atoms with Crippen molar-refractivity contribution in [1.29, 1.82) is 0 Å². The Balaban J connectivity index is 1.36. The van der Waals surface area contributed by atoms with E-state index in [-0.39, 0.29) is 18.0 Å². The first-order valence-electron chi connectivity index (χ1n) is 11.8. The molecule has 33 heavy (non-hydrogen) atoms. The average molecular weight is 470 g/mol. The number of amides is 1. The minimum Gasteiger partial charge on any atom is -0.498 e. The zero-order valence-corrected chi connectivity index (χ0v) is 21.1. The van der Waals surface area contributed by atoms with Crippen molar-refractivity contribution >= 4 is 17.2 Å². The Morgan fingerprint density at radius 1 is 1.27 bits per heavy atom. The van der Waals surface area contributed by atoms with Gasteiger partial charge in [0.05, 0.1) is 19.2 Å². The van der Waals surface area contributed by atoms with E-state index in [1.165, 1.54) is 30.6 Å². The predicted molar refractivity (Wildman–Crippen MR) is 133 cm³/mol. The summed E-state index contributed by atoms with van der Waals surface area (Å²) in [6.07, 6.45) is 7.00. The second kappa shape index (κ2) is 9.75. The van der Waals surface area contributed by atoms with E-state index in [1.54, 1.807) is 18.4 Å². The van der Waals surface area contributed by atoms with Crippen LogP contribution < -0.4 is 10.9 Å². The van der Waals surface area contributed by atoms with Gasteiger partial charge in [0.25, 0.3) is 11.5 Å². The van der Waals surface area contributed by atoms with Crippen LogP contribution in [0.3, 0.4) is 0 Å². The lowest BCUT2D eigenvalue weighted by Gasteiger charge is -2.42. The summed E-state index contributed by atoms with van der Waals surface area (Å²) in [5, 5.41) is 4.93. The Hall–Kier alpha value is -2.54. The van der Waals surface area contributed by atoms with E-state index in [2.05, 4.69) is 35.2 Å². The summed E-state index contributed by atoms with van der Waals surface area (Å²) in [5.41, 5.74) is 4.02. The first-order chi connectivity index (χ1) is 15.8. The highest BCUT2D eigenvalue weighted by atomic mass is 32.1. The lowest BCUT2D eigenvalue weighted by molar-refractivity contribution is 0.0950. The Labute approximate surface area is 200 Å². The topological polar surface area (TPSA) is 74.4 Å². The van der Waals surface area contributed by atoms with Gasteiger partial charge in [-0.2, -0.15) is 0 Å². The van der Waals surface area contributed by atoms with Gasteiger partial charge in [0.2, 0.25) is 0 Å². The Morgan fingerprint density at radius 2 is 1.97 bits per heavy atom. The second-order valence-corrected chi connectivity index (χ2v) is 10.5. The number of aryl methyl sites for hydroxylation is 2. The second-order valence-electron chi connectivity index (χ2n) is 9.59. The zero-order valence-electron chi connectivity index (χ0n) is 20.3. The van der Waals surface area contributed by atoms with Crippen LogP contribution >= 0.6 is 11.3 Å². The van der Waals surface area contributed by atoms with E-state index in [9.17, 15) is 9.59 Å². The average Bonchev–Trinajstić information content (AvgIpc) is 3.13. The fraction of sp³-hybridized carbons (Fsp3) is 0.538. The predicted octanol–water partition coefficient (Wildman–Crippen LogP) is 4.76. The first-order valence-corrected chi connectivity index (χ1v) is 12.7. The van der Waals surface area contributed by atoms with Gasteiger partial charge in [-0.25, -0.2) is 0 Å². The number of nitrogens with zero attached hydrogens (tertiary/aromatic N) is 1. The molecule has 0 aromatic carbocycles. The van der Waals surface area contributed by atoms with Gasteiger partial charge in [-0.15, -0.1) is 11.3 Å². The molecule has 0 bridgehead atoms. The number of hydrogen-bond donors (Lipinski definition) is 2. The van der Waals surface area contributed by atoms with Crippen LogP contribution in [0.2, 0.25) is 0 Å². The number of H-pyrrole nitrogens is 1. The molecule has 1 unspecified atom stereocenters. The molecular weight excluding hydrogens is 434 g/mol. The molecule has 1 aliphatic heterocycles. The molecule has 6 nitrogen and oxygen atoms in total. The van der Waals surface area contributed by atoms with Crippen molar-refractivity contribution in [1.82, 2.24) is 15.2 Å². The fourth-order valence-electron chi connectivity index (χ4n) is 5.31. The van der Waals surface area contributed by atoms with Crippen molar-refractivity contribution in [2.24, 2.45) is 5.92 Å². The molecular formula is C26H35N3O3S. The molecule has 1 amide bonds. The summed E-state index contributed by atoms with van der Waals surface area (Å²) >= 11 is 1.70. The van der Waals surface area contributed by atoms with Crippen LogP contribution in [0, 0.1) is 26.7 Å². The number of thiophene rings is 1. The van der Waals surface area contributed by atoms with Gasteiger partial charge in [0.15, 0.2) is 0 Å². The highest BCUT2D eigenvalue weighted by Gasteiger charge is 2.32. The van der Waals surface area contributed by atoms with E-state index in [4.69, 9.17) is 4.74 Å². The normalized spacial score (nSPS) is 21.2. The Bertz CT molecular complexity index is 1110. The molecule has 1 saturated carbocycles. The third-order valence-electron chi connectivity index (χ3n) is 7.48. The fourth-order valence-corrected chi connectivity index (χ4v) is 6.53. The lowest BCUT2D eigenvalue weighted by Crippen LogP contribution is -2.41. The van der Waals surface area contributed by atoms with Crippen molar-refractivity contribution in [2.75, 3.05) is 13.7 Å². The molecule has 1 aliphatic carbocycles. The van der Waals surface area contributed by atoms with E-state index < -0.39 is 0 Å². The molecule has 0 saturated heterocycles. The molecule has 3 heterocycles. The summed E-state index contributed by atoms with van der Waals surface area (Å²) in [6, 6.07) is 2.56. The summed E-state index contributed by atoms with van der Waals surface area (Å²) in [6.45, 7) is 9.32. The minimum atomic E-state index is -0.132. The van der Waals surface area contributed by atoms with E-state index >= 15 is 0 Å². The van der Waals surface area contributed by atoms with Gasteiger partial charge >= 0.3 is 0 Å². The van der Waals surface area contributed by atoms with Gasteiger partial charge in [-0.05, 0) is 75.5 Å². The molecule has 2 N–H and O–H groups in total. The Kier molecular flexibility index (Phi) is 6.98. The van der Waals surface area contributed by atoms with Crippen molar-refractivity contribution in [3.63, 3.8) is 0 Å². The van der Waals surface area contributed by atoms with Crippen LogP contribution in [-0.4, -0.2) is 35.5 Å². The van der Waals surface area contributed by atoms with Gasteiger partial charge in [0, 0.05) is 40.3 Å². The quantitative estimate of drug-likeness (QED) is 0.613. The number of nitrogens with one attached hydrogen (secondary N) is 2. The first kappa shape index (κ1) is 23.6. The van der Waals surface area contributed by atoms with Crippen LogP contribution in [-0.2, 0) is 11.3 Å². The molecule has 7 heteroatoms. The number of ether oxygens (including phenoxy) is 1. The summed E-state index contributed by atoms with van der Waals surface area (Å²) in [4.78, 5) is 31.7.